The topological polar surface area (TPSA) is 25.8 Å². The first-order valence-corrected chi connectivity index (χ1v) is 6.94. The van der Waals surface area contributed by atoms with Gasteiger partial charge in [0.25, 0.3) is 0 Å². The lowest BCUT2D eigenvalue weighted by Crippen LogP contribution is -1.93. The molecule has 0 aliphatic heterocycles. The molecular weight excluding hydrogens is 310 g/mol. The Bertz CT molecular complexity index is 792. The monoisotopic (exact) mass is 318 g/mol. The molecule has 104 valence electrons. The number of hydrogen-bond donors (Lipinski definition) is 0. The summed E-state index contributed by atoms with van der Waals surface area (Å²) in [6.45, 7) is 0. The third-order valence-corrected chi connectivity index (χ3v) is 3.44. The molecule has 3 aromatic rings. The standard InChI is InChI=1S/C16H9Cl2FN2/c17-13-8-11(19)6-7-12(13)14-9-15(18)21-16(20-14)10-4-2-1-3-5-10/h1-9H. The van der Waals surface area contributed by atoms with E-state index < -0.39 is 5.82 Å². The van der Waals surface area contributed by atoms with Crippen molar-refractivity contribution < 1.29 is 4.39 Å². The molecule has 2 aromatic carbocycles. The Kier molecular flexibility index (Phi) is 3.86. The summed E-state index contributed by atoms with van der Waals surface area (Å²) in [4.78, 5) is 8.68. The molecule has 1 aromatic heterocycles. The zero-order chi connectivity index (χ0) is 14.8. The lowest BCUT2D eigenvalue weighted by Gasteiger charge is -2.07. The Hall–Kier alpha value is -1.97. The van der Waals surface area contributed by atoms with Crippen LogP contribution in [0, 0.1) is 5.82 Å². The first-order chi connectivity index (χ1) is 10.1. The molecule has 0 saturated carbocycles. The van der Waals surface area contributed by atoms with E-state index in [9.17, 15) is 4.39 Å². The number of nitrogens with zero attached hydrogens (tertiary/aromatic N) is 2. The van der Waals surface area contributed by atoms with Gasteiger partial charge in [-0.25, -0.2) is 14.4 Å². The van der Waals surface area contributed by atoms with Gasteiger partial charge in [-0.05, 0) is 18.2 Å². The molecule has 2 nitrogen and oxygen atoms in total. The van der Waals surface area contributed by atoms with Crippen molar-refractivity contribution in [3.8, 4) is 22.6 Å². The molecule has 3 rings (SSSR count). The van der Waals surface area contributed by atoms with Gasteiger partial charge in [0.15, 0.2) is 5.82 Å². The molecule has 0 aliphatic rings. The predicted molar refractivity (Wildman–Crippen MR) is 82.9 cm³/mol. The van der Waals surface area contributed by atoms with E-state index in [4.69, 9.17) is 23.2 Å². The van der Waals surface area contributed by atoms with Crippen molar-refractivity contribution in [1.29, 1.82) is 0 Å². The molecule has 0 aliphatic carbocycles. The van der Waals surface area contributed by atoms with Gasteiger partial charge in [-0.3, -0.25) is 0 Å². The van der Waals surface area contributed by atoms with Crippen LogP contribution in [-0.2, 0) is 0 Å². The van der Waals surface area contributed by atoms with Crippen LogP contribution >= 0.6 is 23.2 Å². The number of halogens is 3. The zero-order valence-corrected chi connectivity index (χ0v) is 12.2. The third-order valence-electron chi connectivity index (χ3n) is 2.93. The second-order valence-corrected chi connectivity index (χ2v) is 5.18. The number of benzene rings is 2. The summed E-state index contributed by atoms with van der Waals surface area (Å²) in [5.41, 5.74) is 2.01. The van der Waals surface area contributed by atoms with E-state index in [1.54, 1.807) is 12.1 Å². The van der Waals surface area contributed by atoms with Gasteiger partial charge in [0.05, 0.1) is 10.7 Å². The van der Waals surface area contributed by atoms with Crippen molar-refractivity contribution in [2.45, 2.75) is 0 Å². The highest BCUT2D eigenvalue weighted by Crippen LogP contribution is 2.30. The molecule has 0 unspecified atom stereocenters. The fourth-order valence-electron chi connectivity index (χ4n) is 1.97. The molecule has 21 heavy (non-hydrogen) atoms. The van der Waals surface area contributed by atoms with Crippen molar-refractivity contribution in [2.75, 3.05) is 0 Å². The van der Waals surface area contributed by atoms with Crippen molar-refractivity contribution in [3.63, 3.8) is 0 Å². The minimum absolute atomic E-state index is 0.281. The largest absolute Gasteiger partial charge is 0.228 e. The van der Waals surface area contributed by atoms with E-state index in [0.717, 1.165) is 5.56 Å². The maximum atomic E-state index is 13.1. The Morgan fingerprint density at radius 2 is 1.62 bits per heavy atom. The lowest BCUT2D eigenvalue weighted by atomic mass is 10.1. The smallest absolute Gasteiger partial charge is 0.161 e. The van der Waals surface area contributed by atoms with Crippen LogP contribution in [0.25, 0.3) is 22.6 Å². The Labute approximate surface area is 131 Å². The molecule has 0 N–H and O–H groups in total. The second-order valence-electron chi connectivity index (χ2n) is 4.39. The van der Waals surface area contributed by atoms with Crippen LogP contribution < -0.4 is 0 Å². The molecule has 0 fully saturated rings. The molecule has 0 atom stereocenters. The van der Waals surface area contributed by atoms with Crippen LogP contribution in [0.4, 0.5) is 4.39 Å². The van der Waals surface area contributed by atoms with Crippen LogP contribution in [-0.4, -0.2) is 9.97 Å². The molecule has 0 saturated heterocycles. The number of hydrogen-bond acceptors (Lipinski definition) is 2. The van der Waals surface area contributed by atoms with Crippen molar-refractivity contribution >= 4 is 23.2 Å². The SMILES string of the molecule is Fc1ccc(-c2cc(Cl)nc(-c3ccccc3)n2)c(Cl)c1. The maximum Gasteiger partial charge on any atom is 0.161 e. The van der Waals surface area contributed by atoms with Crippen LogP contribution in [0.1, 0.15) is 0 Å². The molecule has 0 radical (unpaired) electrons. The highest BCUT2D eigenvalue weighted by Gasteiger charge is 2.10. The minimum atomic E-state index is -0.396. The Morgan fingerprint density at radius 3 is 2.33 bits per heavy atom. The summed E-state index contributed by atoms with van der Waals surface area (Å²) in [5, 5.41) is 0.586. The summed E-state index contributed by atoms with van der Waals surface area (Å²) in [7, 11) is 0. The van der Waals surface area contributed by atoms with Gasteiger partial charge < -0.3 is 0 Å². The van der Waals surface area contributed by atoms with E-state index in [2.05, 4.69) is 9.97 Å². The van der Waals surface area contributed by atoms with E-state index >= 15 is 0 Å². The average Bonchev–Trinajstić information content (AvgIpc) is 2.47. The Balaban J connectivity index is 2.14. The molecule has 0 bridgehead atoms. The van der Waals surface area contributed by atoms with E-state index in [-0.39, 0.29) is 5.02 Å². The van der Waals surface area contributed by atoms with Crippen molar-refractivity contribution in [1.82, 2.24) is 9.97 Å². The summed E-state index contributed by atoms with van der Waals surface area (Å²) in [6.07, 6.45) is 0. The van der Waals surface area contributed by atoms with E-state index in [1.807, 2.05) is 30.3 Å². The first-order valence-electron chi connectivity index (χ1n) is 6.19. The lowest BCUT2D eigenvalue weighted by molar-refractivity contribution is 0.628. The first kappa shape index (κ1) is 14.0. The van der Waals surface area contributed by atoms with Gasteiger partial charge in [0, 0.05) is 17.2 Å². The van der Waals surface area contributed by atoms with Gasteiger partial charge in [0.1, 0.15) is 11.0 Å². The van der Waals surface area contributed by atoms with Gasteiger partial charge in [-0.2, -0.15) is 0 Å². The van der Waals surface area contributed by atoms with Gasteiger partial charge in [-0.15, -0.1) is 0 Å². The predicted octanol–water partition coefficient (Wildman–Crippen LogP) is 5.26. The molecule has 0 spiro atoms. The molecule has 0 amide bonds. The van der Waals surface area contributed by atoms with Crippen molar-refractivity contribution in [2.24, 2.45) is 0 Å². The van der Waals surface area contributed by atoms with Crippen LogP contribution in [0.15, 0.2) is 54.6 Å². The van der Waals surface area contributed by atoms with Crippen molar-refractivity contribution in [3.05, 3.63) is 70.6 Å². The number of rotatable bonds is 2. The van der Waals surface area contributed by atoms with Crippen LogP contribution in [0.3, 0.4) is 0 Å². The summed E-state index contributed by atoms with van der Waals surface area (Å²) >= 11 is 12.1. The summed E-state index contributed by atoms with van der Waals surface area (Å²) < 4.78 is 13.1. The highest BCUT2D eigenvalue weighted by atomic mass is 35.5. The van der Waals surface area contributed by atoms with Crippen LogP contribution in [0.5, 0.6) is 0 Å². The fraction of sp³-hybridized carbons (Fsp3) is 0. The fourth-order valence-corrected chi connectivity index (χ4v) is 2.42. The maximum absolute atomic E-state index is 13.1. The van der Waals surface area contributed by atoms with Gasteiger partial charge in [0.2, 0.25) is 0 Å². The molecule has 5 heteroatoms. The summed E-state index contributed by atoms with van der Waals surface area (Å²) in [6, 6.07) is 15.2. The Morgan fingerprint density at radius 1 is 0.857 bits per heavy atom. The van der Waals surface area contributed by atoms with Crippen LogP contribution in [0.2, 0.25) is 10.2 Å². The minimum Gasteiger partial charge on any atom is -0.228 e. The second kappa shape index (κ2) is 5.80. The van der Waals surface area contributed by atoms with Gasteiger partial charge >= 0.3 is 0 Å². The zero-order valence-electron chi connectivity index (χ0n) is 10.7. The number of aromatic nitrogens is 2. The molecule has 1 heterocycles. The van der Waals surface area contributed by atoms with Gasteiger partial charge in [-0.1, -0.05) is 53.5 Å². The molecular formula is C16H9Cl2FN2. The third kappa shape index (κ3) is 3.04. The summed E-state index contributed by atoms with van der Waals surface area (Å²) in [5.74, 6) is 0.102. The highest BCUT2D eigenvalue weighted by molar-refractivity contribution is 6.33. The quantitative estimate of drug-likeness (QED) is 0.602. The average molecular weight is 319 g/mol. The normalized spacial score (nSPS) is 10.6. The van der Waals surface area contributed by atoms with E-state index in [1.165, 1.54) is 12.1 Å². The van der Waals surface area contributed by atoms with E-state index in [0.29, 0.717) is 22.2 Å².